The lowest BCUT2D eigenvalue weighted by molar-refractivity contribution is -0.116. The molecule has 0 heterocycles. The molecule has 0 aromatic heterocycles. The second-order valence-corrected chi connectivity index (χ2v) is 3.93. The number of carbonyl (C=O) groups excluding carboxylic acids is 1. The van der Waals surface area contributed by atoms with Crippen molar-refractivity contribution in [2.75, 3.05) is 0 Å². The van der Waals surface area contributed by atoms with Gasteiger partial charge in [0.25, 0.3) is 0 Å². The molecule has 0 fully saturated rings. The van der Waals surface area contributed by atoms with E-state index in [0.29, 0.717) is 6.42 Å². The fraction of sp³-hybridized carbons (Fsp3) is 0.667. The van der Waals surface area contributed by atoms with Gasteiger partial charge < -0.3 is 0 Å². The van der Waals surface area contributed by atoms with Gasteiger partial charge in [-0.3, -0.25) is 4.79 Å². The largest absolute Gasteiger partial charge is 0.295 e. The number of ketones is 1. The lowest BCUT2D eigenvalue weighted by atomic mass is 9.90. The molecule has 0 unspecified atom stereocenters. The SMILES string of the molecule is C/C(F)=C/C(=O)CC(C)(C)C. The summed E-state index contributed by atoms with van der Waals surface area (Å²) in [4.78, 5) is 11.0. The first kappa shape index (κ1) is 10.3. The van der Waals surface area contributed by atoms with Crippen molar-refractivity contribution < 1.29 is 9.18 Å². The van der Waals surface area contributed by atoms with Crippen LogP contribution in [0.25, 0.3) is 0 Å². The number of halogens is 1. The smallest absolute Gasteiger partial charge is 0.158 e. The molecule has 0 aliphatic heterocycles. The second-order valence-electron chi connectivity index (χ2n) is 3.93. The van der Waals surface area contributed by atoms with Crippen LogP contribution < -0.4 is 0 Å². The quantitative estimate of drug-likeness (QED) is 0.565. The molecule has 0 spiro atoms. The summed E-state index contributed by atoms with van der Waals surface area (Å²) in [5.41, 5.74) is -0.0525. The Kier molecular flexibility index (Phi) is 3.43. The van der Waals surface area contributed by atoms with Gasteiger partial charge in [0, 0.05) is 12.5 Å². The van der Waals surface area contributed by atoms with Gasteiger partial charge in [-0.2, -0.15) is 0 Å². The summed E-state index contributed by atoms with van der Waals surface area (Å²) in [5, 5.41) is 0. The molecule has 0 radical (unpaired) electrons. The van der Waals surface area contributed by atoms with Gasteiger partial charge in [0.05, 0.1) is 0 Å². The van der Waals surface area contributed by atoms with Crippen molar-refractivity contribution in [1.82, 2.24) is 0 Å². The van der Waals surface area contributed by atoms with Gasteiger partial charge in [-0.25, -0.2) is 4.39 Å². The molecule has 0 aromatic rings. The number of allylic oxidation sites excluding steroid dienone is 2. The van der Waals surface area contributed by atoms with E-state index in [9.17, 15) is 9.18 Å². The fourth-order valence-corrected chi connectivity index (χ4v) is 0.796. The van der Waals surface area contributed by atoms with Gasteiger partial charge in [0.15, 0.2) is 5.78 Å². The van der Waals surface area contributed by atoms with Gasteiger partial charge in [-0.05, 0) is 12.3 Å². The molecule has 0 atom stereocenters. The number of hydrogen-bond acceptors (Lipinski definition) is 1. The van der Waals surface area contributed by atoms with Gasteiger partial charge in [0.2, 0.25) is 0 Å². The minimum absolute atomic E-state index is 0.0525. The van der Waals surface area contributed by atoms with Crippen LogP contribution in [0.5, 0.6) is 0 Å². The lowest BCUT2D eigenvalue weighted by Crippen LogP contribution is -2.10. The van der Waals surface area contributed by atoms with Crippen LogP contribution in [0.4, 0.5) is 4.39 Å². The van der Waals surface area contributed by atoms with Crippen LogP contribution in [0, 0.1) is 5.41 Å². The average molecular weight is 158 g/mol. The third-order valence-electron chi connectivity index (χ3n) is 1.06. The van der Waals surface area contributed by atoms with E-state index in [2.05, 4.69) is 0 Å². The van der Waals surface area contributed by atoms with Crippen molar-refractivity contribution >= 4 is 5.78 Å². The molecule has 0 N–H and O–H groups in total. The minimum atomic E-state index is -0.417. The van der Waals surface area contributed by atoms with Crippen LogP contribution in [-0.2, 0) is 4.79 Å². The highest BCUT2D eigenvalue weighted by molar-refractivity contribution is 5.90. The van der Waals surface area contributed by atoms with Crippen LogP contribution >= 0.6 is 0 Å². The molecule has 64 valence electrons. The van der Waals surface area contributed by atoms with Crippen molar-refractivity contribution in [3.63, 3.8) is 0 Å². The molecule has 0 saturated heterocycles. The zero-order chi connectivity index (χ0) is 9.07. The second kappa shape index (κ2) is 3.65. The van der Waals surface area contributed by atoms with Gasteiger partial charge in [-0.15, -0.1) is 0 Å². The Balaban J connectivity index is 4.00. The molecule has 0 amide bonds. The highest BCUT2D eigenvalue weighted by Crippen LogP contribution is 2.19. The number of rotatable bonds is 2. The van der Waals surface area contributed by atoms with E-state index in [1.54, 1.807) is 0 Å². The summed E-state index contributed by atoms with van der Waals surface area (Å²) in [5.74, 6) is -0.559. The Hall–Kier alpha value is -0.660. The molecule has 0 aromatic carbocycles. The summed E-state index contributed by atoms with van der Waals surface area (Å²) >= 11 is 0. The highest BCUT2D eigenvalue weighted by atomic mass is 19.1. The number of hydrogen-bond donors (Lipinski definition) is 0. The van der Waals surface area contributed by atoms with E-state index in [1.807, 2.05) is 20.8 Å². The summed E-state index contributed by atoms with van der Waals surface area (Å²) in [6.07, 6.45) is 1.44. The summed E-state index contributed by atoms with van der Waals surface area (Å²) in [6.45, 7) is 7.13. The maximum absolute atomic E-state index is 12.2. The van der Waals surface area contributed by atoms with Crippen molar-refractivity contribution in [1.29, 1.82) is 0 Å². The van der Waals surface area contributed by atoms with E-state index in [-0.39, 0.29) is 11.2 Å². The highest BCUT2D eigenvalue weighted by Gasteiger charge is 2.14. The Morgan fingerprint density at radius 3 is 2.18 bits per heavy atom. The maximum atomic E-state index is 12.2. The van der Waals surface area contributed by atoms with Crippen LogP contribution in [0.1, 0.15) is 34.1 Å². The Morgan fingerprint density at radius 2 is 1.91 bits per heavy atom. The molecule has 0 saturated carbocycles. The predicted molar refractivity (Wildman–Crippen MR) is 43.9 cm³/mol. The number of carbonyl (C=O) groups is 1. The molecular weight excluding hydrogens is 143 g/mol. The van der Waals surface area contributed by atoms with Crippen molar-refractivity contribution in [3.8, 4) is 0 Å². The molecule has 0 aliphatic rings. The first-order valence-electron chi connectivity index (χ1n) is 3.68. The molecule has 0 bridgehead atoms. The Morgan fingerprint density at radius 1 is 1.45 bits per heavy atom. The van der Waals surface area contributed by atoms with E-state index in [1.165, 1.54) is 6.92 Å². The van der Waals surface area contributed by atoms with Crippen molar-refractivity contribution in [3.05, 3.63) is 11.9 Å². The van der Waals surface area contributed by atoms with Gasteiger partial charge in [0.1, 0.15) is 5.83 Å². The van der Waals surface area contributed by atoms with Crippen LogP contribution in [0.2, 0.25) is 0 Å². The van der Waals surface area contributed by atoms with E-state index >= 15 is 0 Å². The van der Waals surface area contributed by atoms with Gasteiger partial charge >= 0.3 is 0 Å². The van der Waals surface area contributed by atoms with Gasteiger partial charge in [-0.1, -0.05) is 20.8 Å². The van der Waals surface area contributed by atoms with Crippen molar-refractivity contribution in [2.45, 2.75) is 34.1 Å². The molecule has 0 aliphatic carbocycles. The van der Waals surface area contributed by atoms with E-state index in [4.69, 9.17) is 0 Å². The topological polar surface area (TPSA) is 17.1 Å². The third kappa shape index (κ3) is 7.23. The lowest BCUT2D eigenvalue weighted by Gasteiger charge is -2.14. The summed E-state index contributed by atoms with van der Waals surface area (Å²) in [7, 11) is 0. The third-order valence-corrected chi connectivity index (χ3v) is 1.06. The first-order valence-corrected chi connectivity index (χ1v) is 3.68. The maximum Gasteiger partial charge on any atom is 0.158 e. The summed E-state index contributed by atoms with van der Waals surface area (Å²) < 4.78 is 12.2. The summed E-state index contributed by atoms with van der Waals surface area (Å²) in [6, 6.07) is 0. The average Bonchev–Trinajstić information content (AvgIpc) is 1.53. The molecule has 2 heteroatoms. The zero-order valence-corrected chi connectivity index (χ0v) is 7.57. The fourth-order valence-electron chi connectivity index (χ4n) is 0.796. The standard InChI is InChI=1S/C9H15FO/c1-7(10)5-8(11)6-9(2,3)4/h5H,6H2,1-4H3/b7-5-. The van der Waals surface area contributed by atoms with Crippen LogP contribution in [-0.4, -0.2) is 5.78 Å². The van der Waals surface area contributed by atoms with Crippen molar-refractivity contribution in [2.24, 2.45) is 5.41 Å². The zero-order valence-electron chi connectivity index (χ0n) is 7.57. The normalized spacial score (nSPS) is 13.4. The molecular formula is C9H15FO. The minimum Gasteiger partial charge on any atom is -0.295 e. The van der Waals surface area contributed by atoms with Crippen LogP contribution in [0.15, 0.2) is 11.9 Å². The Labute approximate surface area is 67.3 Å². The van der Waals surface area contributed by atoms with E-state index in [0.717, 1.165) is 6.08 Å². The molecule has 1 nitrogen and oxygen atoms in total. The monoisotopic (exact) mass is 158 g/mol. The van der Waals surface area contributed by atoms with Crippen LogP contribution in [0.3, 0.4) is 0 Å². The molecule has 11 heavy (non-hydrogen) atoms. The van der Waals surface area contributed by atoms with E-state index < -0.39 is 5.83 Å². The first-order chi connectivity index (χ1) is 4.81. The molecule has 0 rings (SSSR count). The predicted octanol–water partition coefficient (Wildman–Crippen LogP) is 2.87. The Bertz CT molecular complexity index is 170.